The standard InChI is InChI=1S/C18H24N6O/c1-23-16(20-21-22-23)10-19-17(25)18-9-5-8-15(18)12-24(13-18)11-14-6-3-2-4-7-14/h2-4,6-7,15H,5,8-13H2,1H3,(H,19,25)/t15-,18-/m1/s1. The van der Waals surface area contributed by atoms with Crippen LogP contribution in [0.2, 0.25) is 0 Å². The molecule has 7 nitrogen and oxygen atoms in total. The minimum atomic E-state index is -0.249. The van der Waals surface area contributed by atoms with Gasteiger partial charge in [0, 0.05) is 26.7 Å². The molecule has 1 amide bonds. The number of amides is 1. The summed E-state index contributed by atoms with van der Waals surface area (Å²) >= 11 is 0. The number of tetrazole rings is 1. The van der Waals surface area contributed by atoms with Gasteiger partial charge in [0.05, 0.1) is 12.0 Å². The Bertz CT molecular complexity index is 745. The average Bonchev–Trinajstić information content (AvgIpc) is 3.28. The van der Waals surface area contributed by atoms with Crippen molar-refractivity contribution in [2.45, 2.75) is 32.4 Å². The van der Waals surface area contributed by atoms with Crippen molar-refractivity contribution in [3.05, 3.63) is 41.7 Å². The van der Waals surface area contributed by atoms with Crippen LogP contribution in [0, 0.1) is 11.3 Å². The summed E-state index contributed by atoms with van der Waals surface area (Å²) in [6.45, 7) is 3.15. The Morgan fingerprint density at radius 1 is 1.36 bits per heavy atom. The van der Waals surface area contributed by atoms with Crippen molar-refractivity contribution >= 4 is 5.91 Å². The van der Waals surface area contributed by atoms with Gasteiger partial charge in [0.25, 0.3) is 0 Å². The van der Waals surface area contributed by atoms with Crippen LogP contribution in [-0.4, -0.2) is 44.1 Å². The first-order chi connectivity index (χ1) is 12.2. The summed E-state index contributed by atoms with van der Waals surface area (Å²) in [5, 5.41) is 14.5. The van der Waals surface area contributed by atoms with E-state index in [-0.39, 0.29) is 11.3 Å². The number of fused-ring (bicyclic) bond motifs is 1. The topological polar surface area (TPSA) is 75.9 Å². The zero-order valence-corrected chi connectivity index (χ0v) is 14.6. The number of rotatable bonds is 5. The van der Waals surface area contributed by atoms with Gasteiger partial charge in [-0.25, -0.2) is 4.68 Å². The predicted molar refractivity (Wildman–Crippen MR) is 92.1 cm³/mol. The highest BCUT2D eigenvalue weighted by Crippen LogP contribution is 2.49. The molecule has 2 fully saturated rings. The lowest BCUT2D eigenvalue weighted by atomic mass is 9.80. The van der Waals surface area contributed by atoms with Crippen LogP contribution in [0.4, 0.5) is 0 Å². The molecule has 132 valence electrons. The lowest BCUT2D eigenvalue weighted by Gasteiger charge is -2.27. The second kappa shape index (κ2) is 6.55. The Hall–Kier alpha value is -2.28. The van der Waals surface area contributed by atoms with Gasteiger partial charge >= 0.3 is 0 Å². The Balaban J connectivity index is 1.43. The van der Waals surface area contributed by atoms with Gasteiger partial charge in [-0.1, -0.05) is 36.8 Å². The molecule has 1 aromatic heterocycles. The Labute approximate surface area is 147 Å². The number of carbonyl (C=O) groups is 1. The minimum absolute atomic E-state index is 0.161. The molecule has 1 saturated heterocycles. The molecule has 4 rings (SSSR count). The first kappa shape index (κ1) is 16.2. The molecule has 0 spiro atoms. The minimum Gasteiger partial charge on any atom is -0.348 e. The average molecular weight is 340 g/mol. The van der Waals surface area contributed by atoms with E-state index in [1.807, 2.05) is 6.07 Å². The van der Waals surface area contributed by atoms with Crippen molar-refractivity contribution in [1.82, 2.24) is 30.4 Å². The highest BCUT2D eigenvalue weighted by molar-refractivity contribution is 5.84. The molecule has 2 heterocycles. The molecule has 1 aliphatic heterocycles. The molecular formula is C18H24N6O. The Kier molecular flexibility index (Phi) is 4.25. The second-order valence-corrected chi connectivity index (χ2v) is 7.30. The van der Waals surface area contributed by atoms with E-state index in [4.69, 9.17) is 0 Å². The summed E-state index contributed by atoms with van der Waals surface area (Å²) < 4.78 is 1.60. The van der Waals surface area contributed by atoms with Gasteiger partial charge in [0.2, 0.25) is 5.91 Å². The molecule has 0 unspecified atom stereocenters. The summed E-state index contributed by atoms with van der Waals surface area (Å²) in [5.41, 5.74) is 1.06. The third-order valence-electron chi connectivity index (χ3n) is 5.76. The number of aryl methyl sites for hydroxylation is 1. The third kappa shape index (κ3) is 3.04. The Morgan fingerprint density at radius 3 is 2.96 bits per heavy atom. The summed E-state index contributed by atoms with van der Waals surface area (Å²) in [6.07, 6.45) is 3.26. The van der Waals surface area contributed by atoms with E-state index in [2.05, 4.69) is 50.0 Å². The Morgan fingerprint density at radius 2 is 2.20 bits per heavy atom. The van der Waals surface area contributed by atoms with E-state index in [1.54, 1.807) is 11.7 Å². The van der Waals surface area contributed by atoms with Gasteiger partial charge in [-0.2, -0.15) is 0 Å². The van der Waals surface area contributed by atoms with Crippen LogP contribution in [0.3, 0.4) is 0 Å². The molecule has 1 aliphatic carbocycles. The summed E-state index contributed by atoms with van der Waals surface area (Å²) in [5.74, 6) is 1.29. The molecular weight excluding hydrogens is 316 g/mol. The zero-order valence-electron chi connectivity index (χ0n) is 14.6. The molecule has 25 heavy (non-hydrogen) atoms. The van der Waals surface area contributed by atoms with E-state index in [9.17, 15) is 4.79 Å². The van der Waals surface area contributed by atoms with Crippen molar-refractivity contribution in [2.75, 3.05) is 13.1 Å². The first-order valence-corrected chi connectivity index (χ1v) is 8.93. The van der Waals surface area contributed by atoms with Crippen LogP contribution in [0.5, 0.6) is 0 Å². The predicted octanol–water partition coefficient (Wildman–Crippen LogP) is 1.13. The third-order valence-corrected chi connectivity index (χ3v) is 5.76. The lowest BCUT2D eigenvalue weighted by molar-refractivity contribution is -0.131. The first-order valence-electron chi connectivity index (χ1n) is 8.93. The number of aromatic nitrogens is 4. The lowest BCUT2D eigenvalue weighted by Crippen LogP contribution is -2.44. The molecule has 0 radical (unpaired) electrons. The van der Waals surface area contributed by atoms with E-state index in [0.29, 0.717) is 18.3 Å². The summed E-state index contributed by atoms with van der Waals surface area (Å²) in [7, 11) is 1.79. The zero-order chi connectivity index (χ0) is 17.3. The van der Waals surface area contributed by atoms with E-state index in [1.165, 1.54) is 5.56 Å². The maximum absolute atomic E-state index is 13.0. The van der Waals surface area contributed by atoms with E-state index < -0.39 is 0 Å². The normalized spacial score (nSPS) is 25.9. The van der Waals surface area contributed by atoms with Crippen LogP contribution >= 0.6 is 0 Å². The molecule has 1 N–H and O–H groups in total. The van der Waals surface area contributed by atoms with Gasteiger partial charge in [-0.05, 0) is 34.7 Å². The number of hydrogen-bond acceptors (Lipinski definition) is 5. The van der Waals surface area contributed by atoms with Gasteiger partial charge in [0.15, 0.2) is 5.82 Å². The fourth-order valence-electron chi connectivity index (χ4n) is 4.46. The fraction of sp³-hybridized carbons (Fsp3) is 0.556. The highest BCUT2D eigenvalue weighted by Gasteiger charge is 2.54. The summed E-state index contributed by atoms with van der Waals surface area (Å²) in [6, 6.07) is 10.5. The van der Waals surface area contributed by atoms with Gasteiger partial charge < -0.3 is 5.32 Å². The largest absolute Gasteiger partial charge is 0.348 e. The van der Waals surface area contributed by atoms with Crippen LogP contribution in [0.15, 0.2) is 30.3 Å². The molecule has 7 heteroatoms. The maximum Gasteiger partial charge on any atom is 0.228 e. The number of benzene rings is 1. The monoisotopic (exact) mass is 340 g/mol. The molecule has 2 atom stereocenters. The van der Waals surface area contributed by atoms with E-state index >= 15 is 0 Å². The van der Waals surface area contributed by atoms with Crippen molar-refractivity contribution < 1.29 is 4.79 Å². The number of likely N-dealkylation sites (tertiary alicyclic amines) is 1. The van der Waals surface area contributed by atoms with Gasteiger partial charge in [-0.15, -0.1) is 5.10 Å². The van der Waals surface area contributed by atoms with Crippen molar-refractivity contribution in [2.24, 2.45) is 18.4 Å². The number of nitrogens with one attached hydrogen (secondary N) is 1. The summed E-state index contributed by atoms with van der Waals surface area (Å²) in [4.78, 5) is 15.5. The quantitative estimate of drug-likeness (QED) is 0.883. The number of carbonyl (C=O) groups excluding carboxylic acids is 1. The maximum atomic E-state index is 13.0. The van der Waals surface area contributed by atoms with E-state index in [0.717, 1.165) is 38.9 Å². The fourth-order valence-corrected chi connectivity index (χ4v) is 4.46. The van der Waals surface area contributed by atoms with Crippen LogP contribution in [0.25, 0.3) is 0 Å². The van der Waals surface area contributed by atoms with Crippen LogP contribution < -0.4 is 5.32 Å². The molecule has 0 bridgehead atoms. The van der Waals surface area contributed by atoms with Gasteiger partial charge in [-0.3, -0.25) is 9.69 Å². The van der Waals surface area contributed by atoms with Crippen LogP contribution in [0.1, 0.15) is 30.7 Å². The van der Waals surface area contributed by atoms with Crippen molar-refractivity contribution in [3.63, 3.8) is 0 Å². The van der Waals surface area contributed by atoms with Crippen molar-refractivity contribution in [3.8, 4) is 0 Å². The second-order valence-electron chi connectivity index (χ2n) is 7.30. The molecule has 1 aromatic carbocycles. The molecule has 2 aromatic rings. The van der Waals surface area contributed by atoms with Crippen LogP contribution in [-0.2, 0) is 24.9 Å². The number of hydrogen-bond donors (Lipinski definition) is 1. The number of nitrogens with zero attached hydrogens (tertiary/aromatic N) is 5. The SMILES string of the molecule is Cn1nnnc1CNC(=O)[C@@]12CCC[C@@H]1CN(Cc1ccccc1)C2. The van der Waals surface area contributed by atoms with Gasteiger partial charge in [0.1, 0.15) is 0 Å². The highest BCUT2D eigenvalue weighted by atomic mass is 16.2. The molecule has 2 aliphatic rings. The smallest absolute Gasteiger partial charge is 0.228 e. The molecule has 1 saturated carbocycles. The van der Waals surface area contributed by atoms with Crippen molar-refractivity contribution in [1.29, 1.82) is 0 Å².